The molecule has 0 aromatic heterocycles. The van der Waals surface area contributed by atoms with Crippen LogP contribution in [-0.2, 0) is 28.5 Å². The number of carbonyl (C=O) groups is 2. The Bertz CT molecular complexity index is 880. The maximum atomic E-state index is 12.4. The van der Waals surface area contributed by atoms with Gasteiger partial charge in [-0.3, -0.25) is 0 Å². The molecule has 7 nitrogen and oxygen atoms in total. The van der Waals surface area contributed by atoms with Crippen molar-refractivity contribution < 1.29 is 33.6 Å². The molecule has 1 saturated carbocycles. The van der Waals surface area contributed by atoms with E-state index in [4.69, 9.17) is 24.1 Å². The van der Waals surface area contributed by atoms with Crippen LogP contribution in [0.3, 0.4) is 0 Å². The van der Waals surface area contributed by atoms with Crippen LogP contribution >= 0.6 is 0 Å². The topological polar surface area (TPSA) is 97.9 Å². The maximum Gasteiger partial charge on any atom is 0.331 e. The molecule has 1 spiro atoms. The van der Waals surface area contributed by atoms with E-state index in [1.54, 1.807) is 37.5 Å². The van der Waals surface area contributed by atoms with E-state index < -0.39 is 11.9 Å². The molecule has 2 heterocycles. The largest absolute Gasteiger partial charge is 0.478 e. The van der Waals surface area contributed by atoms with Crippen LogP contribution in [0.25, 0.3) is 0 Å². The molecule has 1 N–H and O–H groups in total. The molecule has 0 bridgehead atoms. The van der Waals surface area contributed by atoms with E-state index in [9.17, 15) is 9.59 Å². The molecule has 8 heteroatoms. The third-order valence-electron chi connectivity index (χ3n) is 6.53. The molecule has 0 aromatic carbocycles. The SMILES string of the molecule is CO[C@@H]1[C@H](OC(=O)/C=C/C=C/C=C/C=C/C(=O)O)CC[C@]2(CO2)[C@H]1[C@@]1(C)O[C@@H]1CC=C(C)C.[Na]. The van der Waals surface area contributed by atoms with E-state index in [0.717, 1.165) is 18.9 Å². The molecule has 3 rings (SSSR count). The molecule has 3 aliphatic rings. The zero-order valence-corrected chi connectivity index (χ0v) is 22.7. The van der Waals surface area contributed by atoms with Gasteiger partial charge in [-0.2, -0.15) is 0 Å². The summed E-state index contributed by atoms with van der Waals surface area (Å²) >= 11 is 0. The van der Waals surface area contributed by atoms with Crippen molar-refractivity contribution in [2.24, 2.45) is 5.92 Å². The number of allylic oxidation sites excluding steroid dienone is 7. The van der Waals surface area contributed by atoms with E-state index in [2.05, 4.69) is 26.8 Å². The van der Waals surface area contributed by atoms with Gasteiger partial charge in [-0.1, -0.05) is 48.1 Å². The Labute approximate surface area is 223 Å². The monoisotopic (exact) mass is 481 g/mol. The Kier molecular flexibility index (Phi) is 10.5. The first-order chi connectivity index (χ1) is 15.7. The van der Waals surface area contributed by atoms with Gasteiger partial charge in [0.05, 0.1) is 18.6 Å². The molecule has 0 unspecified atom stereocenters. The van der Waals surface area contributed by atoms with Crippen molar-refractivity contribution in [2.45, 2.75) is 69.5 Å². The Hall–Kier alpha value is -1.48. The Morgan fingerprint density at radius 2 is 1.71 bits per heavy atom. The molecule has 2 aliphatic heterocycles. The van der Waals surface area contributed by atoms with Crippen molar-refractivity contribution in [3.05, 3.63) is 60.3 Å². The summed E-state index contributed by atoms with van der Waals surface area (Å²) in [6.07, 6.45) is 16.0. The number of aliphatic carboxylic acids is 1. The number of carboxylic acids is 1. The van der Waals surface area contributed by atoms with Gasteiger partial charge < -0.3 is 24.1 Å². The molecule has 1 aliphatic carbocycles. The summed E-state index contributed by atoms with van der Waals surface area (Å²) < 4.78 is 23.8. The predicted molar refractivity (Wildman–Crippen MR) is 129 cm³/mol. The van der Waals surface area contributed by atoms with Gasteiger partial charge in [0.1, 0.15) is 23.4 Å². The van der Waals surface area contributed by atoms with Crippen LogP contribution in [0.5, 0.6) is 0 Å². The average molecular weight is 482 g/mol. The van der Waals surface area contributed by atoms with Crippen LogP contribution in [0.1, 0.15) is 40.0 Å². The summed E-state index contributed by atoms with van der Waals surface area (Å²) in [6, 6.07) is 0. The van der Waals surface area contributed by atoms with Crippen molar-refractivity contribution in [3.63, 3.8) is 0 Å². The van der Waals surface area contributed by atoms with E-state index in [0.29, 0.717) is 13.0 Å². The first kappa shape index (κ1) is 28.8. The molecular formula is C26H34NaO7. The number of hydrogen-bond donors (Lipinski definition) is 1. The third-order valence-corrected chi connectivity index (χ3v) is 6.53. The fourth-order valence-corrected chi connectivity index (χ4v) is 4.79. The molecule has 0 aromatic rings. The van der Waals surface area contributed by atoms with E-state index in [1.165, 1.54) is 17.7 Å². The van der Waals surface area contributed by atoms with Crippen molar-refractivity contribution in [2.75, 3.05) is 13.7 Å². The normalized spacial score (nSPS) is 34.6. The molecule has 34 heavy (non-hydrogen) atoms. The van der Waals surface area contributed by atoms with E-state index in [1.807, 2.05) is 0 Å². The van der Waals surface area contributed by atoms with Gasteiger partial charge in [0, 0.05) is 48.8 Å². The zero-order chi connectivity index (χ0) is 24.1. The van der Waals surface area contributed by atoms with Crippen molar-refractivity contribution in [1.82, 2.24) is 0 Å². The number of hydrogen-bond acceptors (Lipinski definition) is 6. The van der Waals surface area contributed by atoms with Crippen LogP contribution in [0.4, 0.5) is 0 Å². The summed E-state index contributed by atoms with van der Waals surface area (Å²) in [7, 11) is 1.65. The maximum absolute atomic E-state index is 12.4. The number of epoxide rings is 2. The second-order valence-corrected chi connectivity index (χ2v) is 9.18. The van der Waals surface area contributed by atoms with Gasteiger partial charge in [-0.05, 0) is 40.0 Å². The molecule has 2 saturated heterocycles. The molecule has 6 atom stereocenters. The molecule has 0 amide bonds. The van der Waals surface area contributed by atoms with Crippen LogP contribution in [0, 0.1) is 5.92 Å². The second-order valence-electron chi connectivity index (χ2n) is 9.18. The van der Waals surface area contributed by atoms with Crippen LogP contribution in [0.2, 0.25) is 0 Å². The van der Waals surface area contributed by atoms with Crippen molar-refractivity contribution in [3.8, 4) is 0 Å². The van der Waals surface area contributed by atoms with Gasteiger partial charge in [0.25, 0.3) is 0 Å². The summed E-state index contributed by atoms with van der Waals surface area (Å²) in [5.74, 6) is -1.45. The summed E-state index contributed by atoms with van der Waals surface area (Å²) in [5, 5.41) is 8.51. The fraction of sp³-hybridized carbons (Fsp3) is 0.538. The number of carboxylic acid groups (broad SMARTS) is 1. The van der Waals surface area contributed by atoms with Crippen LogP contribution < -0.4 is 0 Å². The predicted octanol–water partition coefficient (Wildman–Crippen LogP) is 3.53. The van der Waals surface area contributed by atoms with E-state index in [-0.39, 0.29) is 65.0 Å². The van der Waals surface area contributed by atoms with Gasteiger partial charge in [0.15, 0.2) is 0 Å². The quantitative estimate of drug-likeness (QED) is 0.127. The number of esters is 1. The fourth-order valence-electron chi connectivity index (χ4n) is 4.79. The zero-order valence-electron chi connectivity index (χ0n) is 20.7. The standard InChI is InChI=1S/C26H34O7.Na/c1-18(2)13-14-20-25(3,33-20)24-23(30-4)19(15-16-26(24)17-31-26)32-22(29)12-10-8-6-5-7-9-11-21(27)28;/h5-13,19-20,23-24H,14-17H2,1-4H3,(H,27,28);/b7-5+,8-6+,11-9+,12-10+;/t19-,20-,23-,24-,25+,26+;/m1./s1. The first-order valence-corrected chi connectivity index (χ1v) is 11.3. The number of methoxy groups -OCH3 is 1. The minimum Gasteiger partial charge on any atom is -0.478 e. The molecular weight excluding hydrogens is 447 g/mol. The second kappa shape index (κ2) is 12.5. The summed E-state index contributed by atoms with van der Waals surface area (Å²) in [6.45, 7) is 6.96. The van der Waals surface area contributed by atoms with Gasteiger partial charge in [-0.25, -0.2) is 9.59 Å². The van der Waals surface area contributed by atoms with Crippen molar-refractivity contribution >= 4 is 41.5 Å². The van der Waals surface area contributed by atoms with Crippen LogP contribution in [0.15, 0.2) is 60.3 Å². The summed E-state index contributed by atoms with van der Waals surface area (Å²) in [5.41, 5.74) is 0.642. The number of ether oxygens (including phenoxy) is 4. The first-order valence-electron chi connectivity index (χ1n) is 11.3. The van der Waals surface area contributed by atoms with Gasteiger partial charge in [-0.15, -0.1) is 0 Å². The van der Waals surface area contributed by atoms with Gasteiger partial charge in [0.2, 0.25) is 0 Å². The molecule has 1 radical (unpaired) electrons. The smallest absolute Gasteiger partial charge is 0.331 e. The third kappa shape index (κ3) is 7.26. The number of rotatable bonds is 10. The number of carbonyl (C=O) groups excluding carboxylic acids is 1. The molecule has 3 fully saturated rings. The van der Waals surface area contributed by atoms with Crippen LogP contribution in [-0.4, -0.2) is 89.8 Å². The molecule has 181 valence electrons. The summed E-state index contributed by atoms with van der Waals surface area (Å²) in [4.78, 5) is 22.8. The Morgan fingerprint density at radius 1 is 1.09 bits per heavy atom. The average Bonchev–Trinajstić information content (AvgIpc) is 3.67. The van der Waals surface area contributed by atoms with Crippen molar-refractivity contribution in [1.29, 1.82) is 0 Å². The Morgan fingerprint density at radius 3 is 2.26 bits per heavy atom. The minimum absolute atomic E-state index is 0. The Balaban J connectivity index is 0.00000408. The minimum atomic E-state index is -1.00. The van der Waals surface area contributed by atoms with Gasteiger partial charge >= 0.3 is 11.9 Å². The van der Waals surface area contributed by atoms with E-state index >= 15 is 0 Å².